The van der Waals surface area contributed by atoms with E-state index in [0.29, 0.717) is 30.8 Å². The second kappa shape index (κ2) is 9.36. The summed E-state index contributed by atoms with van der Waals surface area (Å²) in [6.45, 7) is 6.02. The number of aromatic nitrogens is 1. The van der Waals surface area contributed by atoms with Crippen LogP contribution in [0.25, 0.3) is 12.2 Å². The van der Waals surface area contributed by atoms with E-state index >= 15 is 0 Å². The summed E-state index contributed by atoms with van der Waals surface area (Å²) in [6, 6.07) is 9.21. The summed E-state index contributed by atoms with van der Waals surface area (Å²) in [4.78, 5) is 12.9. The van der Waals surface area contributed by atoms with E-state index < -0.39 is 15.9 Å². The van der Waals surface area contributed by atoms with Crippen molar-refractivity contribution in [1.29, 1.82) is 0 Å². The van der Waals surface area contributed by atoms with Gasteiger partial charge in [-0.2, -0.15) is 4.31 Å². The van der Waals surface area contributed by atoms with Gasteiger partial charge in [-0.3, -0.25) is 4.79 Å². The minimum Gasteiger partial charge on any atom is -0.465 e. The zero-order chi connectivity index (χ0) is 23.6. The van der Waals surface area contributed by atoms with Gasteiger partial charge in [-0.15, -0.1) is 0 Å². The van der Waals surface area contributed by atoms with Crippen LogP contribution in [0.15, 0.2) is 50.4 Å². The zero-order valence-corrected chi connectivity index (χ0v) is 19.7. The maximum atomic E-state index is 13.5. The molecule has 0 aliphatic carbocycles. The number of carbonyl (C=O) groups excluding carboxylic acids is 1. The second-order valence-electron chi connectivity index (χ2n) is 8.30. The number of nitrogens with zero attached hydrogens (tertiary/aromatic N) is 2. The van der Waals surface area contributed by atoms with Gasteiger partial charge in [0.1, 0.15) is 11.5 Å². The predicted octanol–water partition coefficient (Wildman–Crippen LogP) is 4.40. The Morgan fingerprint density at radius 3 is 2.73 bits per heavy atom. The summed E-state index contributed by atoms with van der Waals surface area (Å²) in [6.07, 6.45) is 5.89. The molecule has 33 heavy (non-hydrogen) atoms. The van der Waals surface area contributed by atoms with E-state index in [-0.39, 0.29) is 28.8 Å². The highest BCUT2D eigenvalue weighted by Gasteiger charge is 2.37. The van der Waals surface area contributed by atoms with Crippen molar-refractivity contribution < 1.29 is 22.2 Å². The molecule has 1 amide bonds. The van der Waals surface area contributed by atoms with Crippen LogP contribution < -0.4 is 5.32 Å². The lowest BCUT2D eigenvalue weighted by atomic mass is 9.98. The lowest BCUT2D eigenvalue weighted by Gasteiger charge is -2.31. The average molecular weight is 470 g/mol. The number of carbonyl (C=O) groups is 1. The first-order valence-corrected chi connectivity index (χ1v) is 12.3. The third-order valence-electron chi connectivity index (χ3n) is 5.90. The SMILES string of the molecule is Cc1ccc(NC(=O)C2CCCN(S(=O)(=O)c3c(C)noc3C=Cc3ccco3)C2)cc1C. The van der Waals surface area contributed by atoms with Gasteiger partial charge in [0.25, 0.3) is 0 Å². The lowest BCUT2D eigenvalue weighted by molar-refractivity contribution is -0.120. The van der Waals surface area contributed by atoms with Crippen LogP contribution in [0.1, 0.15) is 41.2 Å². The summed E-state index contributed by atoms with van der Waals surface area (Å²) in [5.41, 5.74) is 3.21. The summed E-state index contributed by atoms with van der Waals surface area (Å²) in [7, 11) is -3.91. The maximum absolute atomic E-state index is 13.5. The van der Waals surface area contributed by atoms with Crippen LogP contribution in [0, 0.1) is 26.7 Å². The largest absolute Gasteiger partial charge is 0.465 e. The van der Waals surface area contributed by atoms with Crippen molar-refractivity contribution in [3.05, 3.63) is 64.9 Å². The number of piperidine rings is 1. The molecule has 4 rings (SSSR count). The van der Waals surface area contributed by atoms with Gasteiger partial charge >= 0.3 is 0 Å². The van der Waals surface area contributed by atoms with Crippen LogP contribution in [0.2, 0.25) is 0 Å². The fourth-order valence-electron chi connectivity index (χ4n) is 3.91. The van der Waals surface area contributed by atoms with Crippen LogP contribution >= 0.6 is 0 Å². The molecule has 3 heterocycles. The molecule has 1 unspecified atom stereocenters. The van der Waals surface area contributed by atoms with Crippen molar-refractivity contribution in [2.24, 2.45) is 5.92 Å². The number of anilines is 1. The summed E-state index contributed by atoms with van der Waals surface area (Å²) >= 11 is 0. The Labute approximate surface area is 193 Å². The Kier molecular flexibility index (Phi) is 6.53. The highest BCUT2D eigenvalue weighted by atomic mass is 32.2. The van der Waals surface area contributed by atoms with Gasteiger partial charge in [0.05, 0.1) is 12.2 Å². The van der Waals surface area contributed by atoms with Crippen molar-refractivity contribution in [2.75, 3.05) is 18.4 Å². The Morgan fingerprint density at radius 1 is 1.18 bits per heavy atom. The van der Waals surface area contributed by atoms with Crippen LogP contribution in [0.4, 0.5) is 5.69 Å². The smallest absolute Gasteiger partial charge is 0.248 e. The van der Waals surface area contributed by atoms with Gasteiger partial charge in [0.15, 0.2) is 10.7 Å². The average Bonchev–Trinajstić information content (AvgIpc) is 3.44. The minimum atomic E-state index is -3.91. The number of hydrogen-bond acceptors (Lipinski definition) is 6. The Morgan fingerprint density at radius 2 is 2.00 bits per heavy atom. The van der Waals surface area contributed by atoms with Crippen LogP contribution in [-0.4, -0.2) is 36.9 Å². The number of rotatable bonds is 6. The molecular formula is C24H27N3O5S. The zero-order valence-electron chi connectivity index (χ0n) is 18.9. The van der Waals surface area contributed by atoms with E-state index in [4.69, 9.17) is 8.94 Å². The van der Waals surface area contributed by atoms with E-state index in [1.54, 1.807) is 25.1 Å². The van der Waals surface area contributed by atoms with Crippen molar-refractivity contribution >= 4 is 33.8 Å². The number of hydrogen-bond donors (Lipinski definition) is 1. The molecule has 3 aromatic rings. The van der Waals surface area contributed by atoms with Gasteiger partial charge in [-0.1, -0.05) is 11.2 Å². The standard InChI is InChI=1S/C24H27N3O5S/c1-16-8-9-20(14-17(16)2)25-24(28)19-6-4-12-27(15-19)33(29,30)23-18(3)26-32-22(23)11-10-21-7-5-13-31-21/h5,7-11,13-14,19H,4,6,12,15H2,1-3H3,(H,25,28). The second-order valence-corrected chi connectivity index (χ2v) is 10.2. The fourth-order valence-corrected chi connectivity index (χ4v) is 5.68. The number of benzene rings is 1. The van der Waals surface area contributed by atoms with Crippen LogP contribution in [0.5, 0.6) is 0 Å². The third kappa shape index (κ3) is 4.94. The number of aryl methyl sites for hydroxylation is 3. The quantitative estimate of drug-likeness (QED) is 0.574. The topological polar surface area (TPSA) is 106 Å². The van der Waals surface area contributed by atoms with Crippen molar-refractivity contribution in [1.82, 2.24) is 9.46 Å². The highest BCUT2D eigenvalue weighted by Crippen LogP contribution is 2.30. The molecular weight excluding hydrogens is 442 g/mol. The predicted molar refractivity (Wildman–Crippen MR) is 125 cm³/mol. The van der Waals surface area contributed by atoms with E-state index in [1.807, 2.05) is 32.0 Å². The first-order chi connectivity index (χ1) is 15.8. The van der Waals surface area contributed by atoms with Crippen molar-refractivity contribution in [3.63, 3.8) is 0 Å². The molecule has 174 valence electrons. The Hall–Kier alpha value is -3.17. The Balaban J connectivity index is 1.52. The molecule has 1 aromatic carbocycles. The molecule has 1 aliphatic rings. The molecule has 1 fully saturated rings. The molecule has 2 aromatic heterocycles. The van der Waals surface area contributed by atoms with Gasteiger partial charge in [0, 0.05) is 18.8 Å². The number of furan rings is 1. The van der Waals surface area contributed by atoms with E-state index in [0.717, 1.165) is 11.1 Å². The number of sulfonamides is 1. The maximum Gasteiger partial charge on any atom is 0.248 e. The molecule has 0 spiro atoms. The first kappa shape index (κ1) is 23.0. The molecule has 1 N–H and O–H groups in total. The number of amides is 1. The van der Waals surface area contributed by atoms with Crippen LogP contribution in [0.3, 0.4) is 0 Å². The molecule has 1 aliphatic heterocycles. The lowest BCUT2D eigenvalue weighted by Crippen LogP contribution is -2.43. The van der Waals surface area contributed by atoms with Gasteiger partial charge in [0.2, 0.25) is 15.9 Å². The van der Waals surface area contributed by atoms with Gasteiger partial charge in [-0.25, -0.2) is 8.42 Å². The molecule has 1 atom stereocenters. The third-order valence-corrected chi connectivity index (χ3v) is 7.93. The normalized spacial score (nSPS) is 17.5. The molecule has 0 radical (unpaired) electrons. The first-order valence-electron chi connectivity index (χ1n) is 10.8. The van der Waals surface area contributed by atoms with E-state index in [9.17, 15) is 13.2 Å². The minimum absolute atomic E-state index is 0.0144. The summed E-state index contributed by atoms with van der Waals surface area (Å²) in [5, 5.41) is 6.79. The Bertz CT molecular complexity index is 1280. The van der Waals surface area contributed by atoms with E-state index in [2.05, 4.69) is 10.5 Å². The summed E-state index contributed by atoms with van der Waals surface area (Å²) < 4.78 is 38.9. The van der Waals surface area contributed by atoms with Gasteiger partial charge in [-0.05, 0) is 81.2 Å². The molecule has 1 saturated heterocycles. The fraction of sp³-hybridized carbons (Fsp3) is 0.333. The van der Waals surface area contributed by atoms with Crippen LogP contribution in [-0.2, 0) is 14.8 Å². The summed E-state index contributed by atoms with van der Waals surface area (Å²) in [5.74, 6) is 0.0644. The molecule has 8 nitrogen and oxygen atoms in total. The monoisotopic (exact) mass is 469 g/mol. The molecule has 0 saturated carbocycles. The highest BCUT2D eigenvalue weighted by molar-refractivity contribution is 7.89. The molecule has 9 heteroatoms. The number of nitrogens with one attached hydrogen (secondary N) is 1. The molecule has 0 bridgehead atoms. The van der Waals surface area contributed by atoms with E-state index in [1.165, 1.54) is 16.6 Å². The van der Waals surface area contributed by atoms with Gasteiger partial charge < -0.3 is 14.3 Å². The van der Waals surface area contributed by atoms with Crippen molar-refractivity contribution in [3.8, 4) is 0 Å². The van der Waals surface area contributed by atoms with Crippen molar-refractivity contribution in [2.45, 2.75) is 38.5 Å².